The first kappa shape index (κ1) is 13.0. The van der Waals surface area contributed by atoms with E-state index in [1.807, 2.05) is 24.3 Å². The summed E-state index contributed by atoms with van der Waals surface area (Å²) >= 11 is 0. The SMILES string of the molecule is CC(C)CC(N)CNc1ccc(CO)cc1. The summed E-state index contributed by atoms with van der Waals surface area (Å²) < 4.78 is 0. The topological polar surface area (TPSA) is 58.3 Å². The third kappa shape index (κ3) is 4.64. The lowest BCUT2D eigenvalue weighted by atomic mass is 10.0. The standard InChI is InChI=1S/C13H22N2O/c1-10(2)7-12(14)8-15-13-5-3-11(9-16)4-6-13/h3-6,10,12,15-16H,7-9,14H2,1-2H3. The molecule has 1 unspecified atom stereocenters. The monoisotopic (exact) mass is 222 g/mol. The quantitative estimate of drug-likeness (QED) is 0.689. The molecule has 3 nitrogen and oxygen atoms in total. The van der Waals surface area contributed by atoms with Crippen LogP contribution in [0.4, 0.5) is 5.69 Å². The summed E-state index contributed by atoms with van der Waals surface area (Å²) in [5, 5.41) is 12.2. The van der Waals surface area contributed by atoms with Gasteiger partial charge in [-0.3, -0.25) is 0 Å². The Morgan fingerprint density at radius 1 is 1.25 bits per heavy atom. The second-order valence-corrected chi connectivity index (χ2v) is 4.63. The Labute approximate surface area is 97.7 Å². The fourth-order valence-electron chi connectivity index (χ4n) is 1.67. The third-order valence-corrected chi connectivity index (χ3v) is 2.48. The average Bonchev–Trinajstić information content (AvgIpc) is 2.26. The Kier molecular flexibility index (Phi) is 5.29. The van der Waals surface area contributed by atoms with Gasteiger partial charge in [0.05, 0.1) is 6.61 Å². The number of aliphatic hydroxyl groups is 1. The normalized spacial score (nSPS) is 12.8. The van der Waals surface area contributed by atoms with Crippen LogP contribution >= 0.6 is 0 Å². The maximum Gasteiger partial charge on any atom is 0.0681 e. The molecule has 0 fully saturated rings. The first-order valence-electron chi connectivity index (χ1n) is 5.81. The molecule has 4 N–H and O–H groups in total. The molecule has 1 aromatic carbocycles. The maximum absolute atomic E-state index is 8.91. The van der Waals surface area contributed by atoms with Gasteiger partial charge >= 0.3 is 0 Å². The van der Waals surface area contributed by atoms with Crippen molar-refractivity contribution in [3.63, 3.8) is 0 Å². The van der Waals surface area contributed by atoms with Crippen molar-refractivity contribution in [1.82, 2.24) is 0 Å². The number of hydrogen-bond acceptors (Lipinski definition) is 3. The Balaban J connectivity index is 2.36. The molecule has 0 heterocycles. The van der Waals surface area contributed by atoms with Crippen molar-refractivity contribution in [3.05, 3.63) is 29.8 Å². The summed E-state index contributed by atoms with van der Waals surface area (Å²) in [5.74, 6) is 0.633. The number of rotatable bonds is 6. The predicted octanol–water partition coefficient (Wildman–Crippen LogP) is 1.96. The van der Waals surface area contributed by atoms with Gasteiger partial charge in [0.2, 0.25) is 0 Å². The van der Waals surface area contributed by atoms with Crippen molar-refractivity contribution in [2.75, 3.05) is 11.9 Å². The molecule has 1 aromatic rings. The maximum atomic E-state index is 8.91. The van der Waals surface area contributed by atoms with E-state index in [1.165, 1.54) is 0 Å². The van der Waals surface area contributed by atoms with Gasteiger partial charge < -0.3 is 16.2 Å². The Morgan fingerprint density at radius 3 is 2.38 bits per heavy atom. The molecule has 3 heteroatoms. The highest BCUT2D eigenvalue weighted by molar-refractivity contribution is 5.44. The number of hydrogen-bond donors (Lipinski definition) is 3. The molecular weight excluding hydrogens is 200 g/mol. The lowest BCUT2D eigenvalue weighted by Crippen LogP contribution is -2.30. The minimum absolute atomic E-state index is 0.0904. The van der Waals surface area contributed by atoms with E-state index >= 15 is 0 Å². The summed E-state index contributed by atoms with van der Waals surface area (Å²) in [6, 6.07) is 7.95. The van der Waals surface area contributed by atoms with Crippen LogP contribution in [-0.4, -0.2) is 17.7 Å². The van der Waals surface area contributed by atoms with Crippen molar-refractivity contribution in [2.24, 2.45) is 11.7 Å². The van der Waals surface area contributed by atoms with Crippen LogP contribution < -0.4 is 11.1 Å². The molecule has 0 radical (unpaired) electrons. The summed E-state index contributed by atoms with van der Waals surface area (Å²) in [7, 11) is 0. The molecule has 0 aromatic heterocycles. The fraction of sp³-hybridized carbons (Fsp3) is 0.538. The molecule has 90 valence electrons. The minimum atomic E-state index is 0.0904. The van der Waals surface area contributed by atoms with Crippen molar-refractivity contribution in [1.29, 1.82) is 0 Å². The molecular formula is C13H22N2O. The molecule has 1 atom stereocenters. The smallest absolute Gasteiger partial charge is 0.0681 e. The van der Waals surface area contributed by atoms with Gasteiger partial charge in [-0.25, -0.2) is 0 Å². The summed E-state index contributed by atoms with van der Waals surface area (Å²) in [5.41, 5.74) is 7.96. The molecule has 0 aliphatic carbocycles. The second-order valence-electron chi connectivity index (χ2n) is 4.63. The van der Waals surface area contributed by atoms with Gasteiger partial charge in [-0.05, 0) is 30.0 Å². The van der Waals surface area contributed by atoms with E-state index in [9.17, 15) is 0 Å². The van der Waals surface area contributed by atoms with E-state index in [1.54, 1.807) is 0 Å². The zero-order valence-electron chi connectivity index (χ0n) is 10.1. The van der Waals surface area contributed by atoms with Crippen molar-refractivity contribution >= 4 is 5.69 Å². The van der Waals surface area contributed by atoms with Crippen molar-refractivity contribution in [2.45, 2.75) is 32.9 Å². The van der Waals surface area contributed by atoms with E-state index < -0.39 is 0 Å². The predicted molar refractivity (Wildman–Crippen MR) is 68.3 cm³/mol. The molecule has 0 aliphatic heterocycles. The molecule has 0 bridgehead atoms. The zero-order valence-corrected chi connectivity index (χ0v) is 10.1. The van der Waals surface area contributed by atoms with Crippen LogP contribution in [-0.2, 0) is 6.61 Å². The summed E-state index contributed by atoms with van der Waals surface area (Å²) in [4.78, 5) is 0. The molecule has 0 saturated heterocycles. The zero-order chi connectivity index (χ0) is 12.0. The van der Waals surface area contributed by atoms with Crippen LogP contribution in [0.5, 0.6) is 0 Å². The number of nitrogens with two attached hydrogens (primary N) is 1. The lowest BCUT2D eigenvalue weighted by Gasteiger charge is -2.15. The van der Waals surface area contributed by atoms with E-state index in [0.29, 0.717) is 5.92 Å². The number of anilines is 1. The van der Waals surface area contributed by atoms with Crippen LogP contribution in [0.2, 0.25) is 0 Å². The molecule has 0 aliphatic rings. The Morgan fingerprint density at radius 2 is 1.88 bits per heavy atom. The summed E-state index contributed by atoms with van der Waals surface area (Å²) in [6.45, 7) is 5.23. The highest BCUT2D eigenvalue weighted by Gasteiger charge is 2.04. The Bertz CT molecular complexity index is 295. The van der Waals surface area contributed by atoms with Gasteiger partial charge in [0.15, 0.2) is 0 Å². The highest BCUT2D eigenvalue weighted by atomic mass is 16.3. The van der Waals surface area contributed by atoms with Crippen LogP contribution in [0.25, 0.3) is 0 Å². The fourth-order valence-corrected chi connectivity index (χ4v) is 1.67. The van der Waals surface area contributed by atoms with Crippen molar-refractivity contribution < 1.29 is 5.11 Å². The number of benzene rings is 1. The van der Waals surface area contributed by atoms with Crippen LogP contribution in [0.15, 0.2) is 24.3 Å². The first-order valence-corrected chi connectivity index (χ1v) is 5.81. The number of nitrogens with one attached hydrogen (secondary N) is 1. The molecule has 0 saturated carbocycles. The van der Waals surface area contributed by atoms with Gasteiger partial charge in [0, 0.05) is 18.3 Å². The van der Waals surface area contributed by atoms with Gasteiger partial charge in [0.1, 0.15) is 0 Å². The van der Waals surface area contributed by atoms with Crippen LogP contribution in [0.1, 0.15) is 25.8 Å². The first-order chi connectivity index (χ1) is 7.61. The molecule has 1 rings (SSSR count). The summed E-state index contributed by atoms with van der Waals surface area (Å²) in [6.07, 6.45) is 1.03. The molecule has 16 heavy (non-hydrogen) atoms. The number of aliphatic hydroxyl groups excluding tert-OH is 1. The highest BCUT2D eigenvalue weighted by Crippen LogP contribution is 2.10. The second kappa shape index (κ2) is 6.51. The van der Waals surface area contributed by atoms with Gasteiger partial charge in [-0.1, -0.05) is 26.0 Å². The van der Waals surface area contributed by atoms with E-state index in [4.69, 9.17) is 10.8 Å². The van der Waals surface area contributed by atoms with Gasteiger partial charge in [-0.2, -0.15) is 0 Å². The largest absolute Gasteiger partial charge is 0.392 e. The van der Waals surface area contributed by atoms with Crippen LogP contribution in [0.3, 0.4) is 0 Å². The third-order valence-electron chi connectivity index (χ3n) is 2.48. The average molecular weight is 222 g/mol. The van der Waals surface area contributed by atoms with Crippen molar-refractivity contribution in [3.8, 4) is 0 Å². The molecule has 0 spiro atoms. The van der Waals surface area contributed by atoms with Crippen LogP contribution in [0, 0.1) is 5.92 Å². The van der Waals surface area contributed by atoms with E-state index in [-0.39, 0.29) is 12.6 Å². The van der Waals surface area contributed by atoms with Gasteiger partial charge in [-0.15, -0.1) is 0 Å². The van der Waals surface area contributed by atoms with E-state index in [2.05, 4.69) is 19.2 Å². The minimum Gasteiger partial charge on any atom is -0.392 e. The van der Waals surface area contributed by atoms with E-state index in [0.717, 1.165) is 24.2 Å². The molecule has 0 amide bonds. The Hall–Kier alpha value is -1.06. The van der Waals surface area contributed by atoms with Gasteiger partial charge in [0.25, 0.3) is 0 Å². The lowest BCUT2D eigenvalue weighted by molar-refractivity contribution is 0.282.